The van der Waals surface area contributed by atoms with Crippen LogP contribution in [0.1, 0.15) is 77.6 Å². The van der Waals surface area contributed by atoms with Crippen molar-refractivity contribution in [1.29, 1.82) is 0 Å². The average molecular weight is 521 g/mol. The smallest absolute Gasteiger partial charge is 0.243 e. The van der Waals surface area contributed by atoms with Gasteiger partial charge in [-0.25, -0.2) is 4.98 Å². The Kier molecular flexibility index (Phi) is 7.32. The highest BCUT2D eigenvalue weighted by Gasteiger charge is 2.53. The van der Waals surface area contributed by atoms with Crippen molar-refractivity contribution in [2.75, 3.05) is 6.54 Å². The van der Waals surface area contributed by atoms with Crippen LogP contribution in [-0.2, 0) is 14.4 Å². The zero-order chi connectivity index (χ0) is 27.2. The van der Waals surface area contributed by atoms with Crippen LogP contribution < -0.4 is 10.6 Å². The minimum absolute atomic E-state index is 0.205. The molecule has 3 amide bonds. The molecule has 0 spiro atoms. The van der Waals surface area contributed by atoms with Crippen LogP contribution in [0.25, 0.3) is 10.4 Å². The Morgan fingerprint density at radius 2 is 1.84 bits per heavy atom. The highest BCUT2D eigenvalue weighted by atomic mass is 32.1. The molecule has 1 aliphatic heterocycles. The molecule has 2 fully saturated rings. The van der Waals surface area contributed by atoms with E-state index in [0.717, 1.165) is 34.5 Å². The first kappa shape index (κ1) is 27.4. The number of aromatic nitrogens is 1. The van der Waals surface area contributed by atoms with Gasteiger partial charge in [-0.1, -0.05) is 52.0 Å². The van der Waals surface area contributed by atoms with Gasteiger partial charge < -0.3 is 15.5 Å². The summed E-state index contributed by atoms with van der Waals surface area (Å²) in [5.74, 6) is -0.825. The number of nitrogens with one attached hydrogen (secondary N) is 2. The van der Waals surface area contributed by atoms with E-state index in [2.05, 4.69) is 15.6 Å². The van der Waals surface area contributed by atoms with Crippen molar-refractivity contribution in [2.45, 2.75) is 84.7 Å². The lowest BCUT2D eigenvalue weighted by molar-refractivity contribution is -0.146. The van der Waals surface area contributed by atoms with E-state index in [1.54, 1.807) is 16.2 Å². The number of thiazole rings is 1. The summed E-state index contributed by atoms with van der Waals surface area (Å²) < 4.78 is 0. The van der Waals surface area contributed by atoms with Crippen LogP contribution in [0.5, 0.6) is 0 Å². The molecule has 1 aromatic heterocycles. The maximum Gasteiger partial charge on any atom is 0.243 e. The topological polar surface area (TPSA) is 91.4 Å². The minimum atomic E-state index is -1.62. The van der Waals surface area contributed by atoms with Gasteiger partial charge in [-0.05, 0) is 56.1 Å². The molecule has 2 N–H and O–H groups in total. The van der Waals surface area contributed by atoms with E-state index >= 15 is 0 Å². The van der Waals surface area contributed by atoms with Gasteiger partial charge in [0, 0.05) is 12.0 Å². The second-order valence-electron chi connectivity index (χ2n) is 11.8. The van der Waals surface area contributed by atoms with Gasteiger partial charge in [0.25, 0.3) is 0 Å². The third kappa shape index (κ3) is 5.33. The predicted molar refractivity (Wildman–Crippen MR) is 147 cm³/mol. The summed E-state index contributed by atoms with van der Waals surface area (Å²) in [4.78, 5) is 47.1. The summed E-state index contributed by atoms with van der Waals surface area (Å²) in [5, 5.41) is 5.95. The summed E-state index contributed by atoms with van der Waals surface area (Å²) >= 11 is 1.60. The number of aryl methyl sites for hydroxylation is 1. The van der Waals surface area contributed by atoms with Crippen molar-refractivity contribution in [2.24, 2.45) is 10.8 Å². The number of amides is 3. The fourth-order valence-corrected chi connectivity index (χ4v) is 5.52. The van der Waals surface area contributed by atoms with Crippen molar-refractivity contribution in [3.05, 3.63) is 41.0 Å². The second kappa shape index (κ2) is 9.89. The van der Waals surface area contributed by atoms with Gasteiger partial charge in [-0.3, -0.25) is 14.4 Å². The van der Waals surface area contributed by atoms with Gasteiger partial charge in [0.1, 0.15) is 13.9 Å². The Morgan fingerprint density at radius 1 is 1.19 bits per heavy atom. The third-order valence-corrected chi connectivity index (χ3v) is 8.95. The highest BCUT2D eigenvalue weighted by molar-refractivity contribution is 7.13. The van der Waals surface area contributed by atoms with Crippen LogP contribution in [0.3, 0.4) is 0 Å². The molecule has 3 atom stereocenters. The summed E-state index contributed by atoms with van der Waals surface area (Å²) in [6, 6.07) is 7.23. The number of carbonyl (C=O) groups excluding carboxylic acids is 3. The maximum atomic E-state index is 13.8. The summed E-state index contributed by atoms with van der Waals surface area (Å²) in [5.41, 5.74) is 2.07. The molecule has 1 aliphatic carbocycles. The average Bonchev–Trinajstić information content (AvgIpc) is 3.21. The maximum absolute atomic E-state index is 13.8. The lowest BCUT2D eigenvalue weighted by atomic mass is 9.59. The molecule has 2 unspecified atom stereocenters. The first-order valence-corrected chi connectivity index (χ1v) is 13.9. The van der Waals surface area contributed by atoms with Crippen LogP contribution in [0.2, 0.25) is 0 Å². The van der Waals surface area contributed by atoms with E-state index < -0.39 is 28.2 Å². The molecule has 4 rings (SSSR count). The minimum Gasteiger partial charge on any atom is -0.349 e. The van der Waals surface area contributed by atoms with Gasteiger partial charge in [0.2, 0.25) is 17.7 Å². The Hall–Kier alpha value is -2.68. The largest absolute Gasteiger partial charge is 0.349 e. The van der Waals surface area contributed by atoms with Crippen molar-refractivity contribution < 1.29 is 14.4 Å². The summed E-state index contributed by atoms with van der Waals surface area (Å²) in [7, 11) is 6.68. The molecule has 2 aliphatic rings. The van der Waals surface area contributed by atoms with Crippen LogP contribution in [0.4, 0.5) is 0 Å². The molecule has 7 nitrogen and oxygen atoms in total. The molecule has 0 bridgehead atoms. The van der Waals surface area contributed by atoms with Crippen LogP contribution in [-0.4, -0.2) is 53.5 Å². The van der Waals surface area contributed by atoms with E-state index in [1.165, 1.54) is 0 Å². The van der Waals surface area contributed by atoms with Gasteiger partial charge in [0.05, 0.1) is 27.6 Å². The molecule has 2 heterocycles. The number of hydrogen-bond acceptors (Lipinski definition) is 5. The zero-order valence-electron chi connectivity index (χ0n) is 22.7. The van der Waals surface area contributed by atoms with Crippen LogP contribution in [0, 0.1) is 17.8 Å². The van der Waals surface area contributed by atoms with Gasteiger partial charge in [0.15, 0.2) is 0 Å². The number of likely N-dealkylation sites (tertiary alicyclic amines) is 1. The Morgan fingerprint density at radius 3 is 2.38 bits per heavy atom. The molecule has 2 radical (unpaired) electrons. The molecule has 1 saturated heterocycles. The van der Waals surface area contributed by atoms with E-state index in [-0.39, 0.29) is 17.9 Å². The van der Waals surface area contributed by atoms with Crippen LogP contribution in [0.15, 0.2) is 29.8 Å². The van der Waals surface area contributed by atoms with Gasteiger partial charge in [-0.2, -0.15) is 0 Å². The highest BCUT2D eigenvalue weighted by Crippen LogP contribution is 2.46. The Balaban J connectivity index is 1.46. The first-order valence-electron chi connectivity index (χ1n) is 13.0. The SMILES string of the molecule is [B]C(NC(=O)C1(C)CC1)(C(=O)N1CCCC1C(=O)N[C@@H](C)c1ccc(-c2scnc2C)cc1)C(C)(C)C. The standard InChI is InChI=1S/C28H37BN4O3S/c1-17(19-9-11-20(12-10-19)22-18(2)30-16-37-22)31-23(34)21-8-7-15-33(21)25(36)28(29,26(3,4)5)32-24(35)27(6)13-14-27/h9-12,16-17,21H,7-8,13-15H2,1-6H3,(H,31,34)(H,32,35)/t17-,21?,28?/m0/s1. The van der Waals surface area contributed by atoms with Crippen molar-refractivity contribution in [3.8, 4) is 10.4 Å². The number of rotatable bonds is 7. The first-order chi connectivity index (χ1) is 17.3. The van der Waals surface area contributed by atoms with E-state index in [0.29, 0.717) is 19.4 Å². The molecule has 2 aromatic rings. The van der Waals surface area contributed by atoms with Gasteiger partial charge in [-0.15, -0.1) is 11.3 Å². The van der Waals surface area contributed by atoms with Crippen molar-refractivity contribution in [3.63, 3.8) is 0 Å². The van der Waals surface area contributed by atoms with Crippen LogP contribution >= 0.6 is 11.3 Å². The third-order valence-electron chi connectivity index (χ3n) is 7.97. The Labute approximate surface area is 225 Å². The number of benzene rings is 1. The van der Waals surface area contributed by atoms with E-state index in [1.807, 2.05) is 71.3 Å². The molecule has 196 valence electrons. The molecular formula is C28H37BN4O3S. The van der Waals surface area contributed by atoms with Gasteiger partial charge >= 0.3 is 0 Å². The monoisotopic (exact) mass is 520 g/mol. The molecule has 37 heavy (non-hydrogen) atoms. The summed E-state index contributed by atoms with van der Waals surface area (Å²) in [6.45, 7) is 11.8. The van der Waals surface area contributed by atoms with E-state index in [9.17, 15) is 14.4 Å². The Bertz CT molecular complexity index is 1180. The predicted octanol–water partition coefficient (Wildman–Crippen LogP) is 4.11. The fourth-order valence-electron chi connectivity index (χ4n) is 4.71. The number of nitrogens with zero attached hydrogens (tertiary/aromatic N) is 2. The van der Waals surface area contributed by atoms with E-state index in [4.69, 9.17) is 7.85 Å². The normalized spacial score (nSPS) is 21.1. The quantitative estimate of drug-likeness (QED) is 0.538. The lowest BCUT2D eigenvalue weighted by Gasteiger charge is -2.45. The molecule has 1 aromatic carbocycles. The van der Waals surface area contributed by atoms with Crippen molar-refractivity contribution in [1.82, 2.24) is 20.5 Å². The molecular weight excluding hydrogens is 483 g/mol. The lowest BCUT2D eigenvalue weighted by Crippen LogP contribution is -2.68. The molecule has 1 saturated carbocycles. The number of hydrogen-bond donors (Lipinski definition) is 2. The summed E-state index contributed by atoms with van der Waals surface area (Å²) in [6.07, 6.45) is 2.82. The number of carbonyl (C=O) groups is 3. The second-order valence-corrected chi connectivity index (χ2v) is 12.7. The fraction of sp³-hybridized carbons (Fsp3) is 0.571. The molecule has 9 heteroatoms. The van der Waals surface area contributed by atoms with Crippen molar-refractivity contribution >= 4 is 36.9 Å². The zero-order valence-corrected chi connectivity index (χ0v) is 23.5.